The van der Waals surface area contributed by atoms with Crippen LogP contribution in [0, 0.1) is 5.92 Å². The van der Waals surface area contributed by atoms with E-state index >= 15 is 0 Å². The largest absolute Gasteiger partial charge is 0.478 e. The summed E-state index contributed by atoms with van der Waals surface area (Å²) in [5, 5.41) is 16.3. The first kappa shape index (κ1) is 16.7. The lowest BCUT2D eigenvalue weighted by Gasteiger charge is -2.07. The highest BCUT2D eigenvalue weighted by atomic mass is 16.4. The van der Waals surface area contributed by atoms with E-state index < -0.39 is 5.97 Å². The van der Waals surface area contributed by atoms with Gasteiger partial charge in [-0.1, -0.05) is 39.5 Å². The Bertz CT molecular complexity index is 413. The summed E-state index contributed by atoms with van der Waals surface area (Å²) in [5.41, 5.74) is 1.02. The van der Waals surface area contributed by atoms with Crippen molar-refractivity contribution in [3.8, 4) is 0 Å². The average molecular weight is 281 g/mol. The highest BCUT2D eigenvalue weighted by Gasteiger charge is 2.13. The molecule has 1 aromatic heterocycles. The lowest BCUT2D eigenvalue weighted by Crippen LogP contribution is -2.19. The molecule has 5 heteroatoms. The first-order valence-electron chi connectivity index (χ1n) is 7.47. The molecular weight excluding hydrogens is 254 g/mol. The predicted molar refractivity (Wildman–Crippen MR) is 79.8 cm³/mol. The molecule has 0 aliphatic carbocycles. The maximum absolute atomic E-state index is 11.0. The third kappa shape index (κ3) is 5.74. The summed E-state index contributed by atoms with van der Waals surface area (Å²) in [7, 11) is 1.77. The van der Waals surface area contributed by atoms with Gasteiger partial charge in [-0.05, 0) is 18.9 Å². The Hall–Kier alpha value is -1.36. The minimum absolute atomic E-state index is 0.289. The molecule has 0 atom stereocenters. The van der Waals surface area contributed by atoms with Gasteiger partial charge in [-0.15, -0.1) is 0 Å². The van der Waals surface area contributed by atoms with Crippen LogP contribution < -0.4 is 5.32 Å². The first-order valence-corrected chi connectivity index (χ1v) is 7.47. The third-order valence-electron chi connectivity index (χ3n) is 3.47. The molecule has 0 aliphatic rings. The molecule has 1 heterocycles. The zero-order valence-corrected chi connectivity index (χ0v) is 12.9. The van der Waals surface area contributed by atoms with Gasteiger partial charge >= 0.3 is 5.97 Å². The number of carboxylic acid groups (broad SMARTS) is 1. The standard InChI is InChI=1S/C15H27N3O2/c1-12(2)8-6-4-5-7-9-16-11-14-13(15(19)20)10-17-18(14)3/h10,12,16H,4-9,11H2,1-3H3,(H,19,20). The van der Waals surface area contributed by atoms with E-state index in [1.165, 1.54) is 31.9 Å². The zero-order chi connectivity index (χ0) is 15.0. The van der Waals surface area contributed by atoms with Gasteiger partial charge in [0, 0.05) is 13.6 Å². The fraction of sp³-hybridized carbons (Fsp3) is 0.733. The topological polar surface area (TPSA) is 67.2 Å². The molecule has 0 amide bonds. The summed E-state index contributed by atoms with van der Waals surface area (Å²) in [6.45, 7) is 6.00. The molecular formula is C15H27N3O2. The van der Waals surface area contributed by atoms with E-state index in [1.807, 2.05) is 0 Å². The highest BCUT2D eigenvalue weighted by molar-refractivity contribution is 5.88. The molecule has 0 unspecified atom stereocenters. The number of carboxylic acids is 1. The highest BCUT2D eigenvalue weighted by Crippen LogP contribution is 2.10. The molecule has 1 aromatic rings. The Morgan fingerprint density at radius 1 is 1.35 bits per heavy atom. The van der Waals surface area contributed by atoms with Gasteiger partial charge in [0.05, 0.1) is 11.9 Å². The summed E-state index contributed by atoms with van der Waals surface area (Å²) in [6, 6.07) is 0. The maximum Gasteiger partial charge on any atom is 0.339 e. The molecule has 20 heavy (non-hydrogen) atoms. The monoisotopic (exact) mass is 281 g/mol. The van der Waals surface area contributed by atoms with Gasteiger partial charge in [-0.25, -0.2) is 4.79 Å². The summed E-state index contributed by atoms with van der Waals surface area (Å²) in [6.07, 6.45) is 7.68. The normalized spacial score (nSPS) is 11.2. The van der Waals surface area contributed by atoms with Crippen molar-refractivity contribution in [3.05, 3.63) is 17.5 Å². The molecule has 0 aliphatic heterocycles. The lowest BCUT2D eigenvalue weighted by atomic mass is 10.0. The van der Waals surface area contributed by atoms with Gasteiger partial charge in [-0.3, -0.25) is 4.68 Å². The van der Waals surface area contributed by atoms with Crippen LogP contribution in [-0.4, -0.2) is 27.4 Å². The van der Waals surface area contributed by atoms with Crippen molar-refractivity contribution in [1.82, 2.24) is 15.1 Å². The Balaban J connectivity index is 2.16. The maximum atomic E-state index is 11.0. The van der Waals surface area contributed by atoms with Gasteiger partial charge < -0.3 is 10.4 Å². The van der Waals surface area contributed by atoms with Gasteiger partial charge in [0.2, 0.25) is 0 Å². The molecule has 0 fully saturated rings. The van der Waals surface area contributed by atoms with E-state index in [9.17, 15) is 4.79 Å². The molecule has 0 spiro atoms. The summed E-state index contributed by atoms with van der Waals surface area (Å²) in [5.74, 6) is -0.115. The Labute approximate surface area is 121 Å². The lowest BCUT2D eigenvalue weighted by molar-refractivity contribution is 0.0695. The van der Waals surface area contributed by atoms with E-state index in [4.69, 9.17) is 5.11 Å². The van der Waals surface area contributed by atoms with Crippen LogP contribution in [0.25, 0.3) is 0 Å². The number of nitrogens with one attached hydrogen (secondary N) is 1. The Morgan fingerprint density at radius 3 is 2.70 bits per heavy atom. The number of unbranched alkanes of at least 4 members (excludes halogenated alkanes) is 3. The van der Waals surface area contributed by atoms with Crippen molar-refractivity contribution in [3.63, 3.8) is 0 Å². The van der Waals surface area contributed by atoms with E-state index in [0.717, 1.165) is 24.6 Å². The van der Waals surface area contributed by atoms with Crippen molar-refractivity contribution in [2.24, 2.45) is 13.0 Å². The predicted octanol–water partition coefficient (Wildman–Crippen LogP) is 2.81. The van der Waals surface area contributed by atoms with Crippen LogP contribution >= 0.6 is 0 Å². The summed E-state index contributed by atoms with van der Waals surface area (Å²) < 4.78 is 1.62. The number of hydrogen-bond donors (Lipinski definition) is 2. The third-order valence-corrected chi connectivity index (χ3v) is 3.47. The quantitative estimate of drug-likeness (QED) is 0.647. The van der Waals surface area contributed by atoms with Gasteiger partial charge in [0.1, 0.15) is 5.56 Å². The van der Waals surface area contributed by atoms with E-state index in [2.05, 4.69) is 24.3 Å². The molecule has 0 bridgehead atoms. The van der Waals surface area contributed by atoms with Crippen molar-refractivity contribution in [2.75, 3.05) is 6.54 Å². The molecule has 0 saturated carbocycles. The SMILES string of the molecule is CC(C)CCCCCCNCc1c(C(=O)O)cnn1C. The Morgan fingerprint density at radius 2 is 2.05 bits per heavy atom. The van der Waals surface area contributed by atoms with Crippen LogP contribution in [-0.2, 0) is 13.6 Å². The number of aromatic nitrogens is 2. The summed E-state index contributed by atoms with van der Waals surface area (Å²) >= 11 is 0. The smallest absolute Gasteiger partial charge is 0.339 e. The van der Waals surface area contributed by atoms with Gasteiger partial charge in [0.25, 0.3) is 0 Å². The second-order valence-electron chi connectivity index (χ2n) is 5.71. The van der Waals surface area contributed by atoms with E-state index in [-0.39, 0.29) is 5.56 Å². The molecule has 1 rings (SSSR count). The summed E-state index contributed by atoms with van der Waals surface area (Å²) in [4.78, 5) is 11.0. The number of carbonyl (C=O) groups is 1. The second-order valence-corrected chi connectivity index (χ2v) is 5.71. The molecule has 5 nitrogen and oxygen atoms in total. The van der Waals surface area contributed by atoms with Crippen molar-refractivity contribution < 1.29 is 9.90 Å². The van der Waals surface area contributed by atoms with E-state index in [0.29, 0.717) is 6.54 Å². The molecule has 114 valence electrons. The van der Waals surface area contributed by atoms with Crippen LogP contribution in [0.3, 0.4) is 0 Å². The van der Waals surface area contributed by atoms with Gasteiger partial charge in [-0.2, -0.15) is 5.10 Å². The number of rotatable bonds is 10. The van der Waals surface area contributed by atoms with Crippen molar-refractivity contribution in [2.45, 2.75) is 52.5 Å². The van der Waals surface area contributed by atoms with Crippen LogP contribution in [0.2, 0.25) is 0 Å². The number of aryl methyl sites for hydroxylation is 1. The Kier molecular flexibility index (Phi) is 7.30. The average Bonchev–Trinajstić information content (AvgIpc) is 2.74. The fourth-order valence-corrected chi connectivity index (χ4v) is 2.21. The molecule has 0 saturated heterocycles. The number of aromatic carboxylic acids is 1. The second kappa shape index (κ2) is 8.74. The number of hydrogen-bond acceptors (Lipinski definition) is 3. The minimum Gasteiger partial charge on any atom is -0.478 e. The van der Waals surface area contributed by atoms with Gasteiger partial charge in [0.15, 0.2) is 0 Å². The van der Waals surface area contributed by atoms with Crippen molar-refractivity contribution >= 4 is 5.97 Å². The molecule has 0 radical (unpaired) electrons. The van der Waals surface area contributed by atoms with Crippen molar-refractivity contribution in [1.29, 1.82) is 0 Å². The number of nitrogens with zero attached hydrogens (tertiary/aromatic N) is 2. The fourth-order valence-electron chi connectivity index (χ4n) is 2.21. The van der Waals surface area contributed by atoms with Crippen LogP contribution in [0.4, 0.5) is 0 Å². The zero-order valence-electron chi connectivity index (χ0n) is 12.9. The van der Waals surface area contributed by atoms with E-state index in [1.54, 1.807) is 11.7 Å². The van der Waals surface area contributed by atoms with Crippen LogP contribution in [0.15, 0.2) is 6.20 Å². The molecule has 2 N–H and O–H groups in total. The molecule has 0 aromatic carbocycles. The van der Waals surface area contributed by atoms with Crippen LogP contribution in [0.5, 0.6) is 0 Å². The minimum atomic E-state index is -0.913. The first-order chi connectivity index (χ1) is 9.52. The van der Waals surface area contributed by atoms with Crippen LogP contribution in [0.1, 0.15) is 62.0 Å².